The fourth-order valence-electron chi connectivity index (χ4n) is 2.38. The van der Waals surface area contributed by atoms with E-state index in [1.54, 1.807) is 12.7 Å². The standard InChI is InChI=1S/C15H19N5.C2H4O2/c1-19(2)6-5-13-8-17-15-4-3-12(7-14(13)15)9-20-11-16-10-18-20;1-2(3)4/h3-4,7-8,10-11,17H,5-6,9H2,1-2H3;1H3,(H,3,4). The van der Waals surface area contributed by atoms with Crippen LogP contribution in [0.5, 0.6) is 0 Å². The summed E-state index contributed by atoms with van der Waals surface area (Å²) < 4.78 is 1.84. The zero-order chi connectivity index (χ0) is 17.5. The van der Waals surface area contributed by atoms with E-state index in [1.807, 2.05) is 4.68 Å². The van der Waals surface area contributed by atoms with Crippen molar-refractivity contribution in [3.63, 3.8) is 0 Å². The Bertz CT molecular complexity index is 773. The molecule has 0 amide bonds. The number of nitrogens with one attached hydrogen (secondary N) is 1. The van der Waals surface area contributed by atoms with Crippen LogP contribution in [0.25, 0.3) is 10.9 Å². The highest BCUT2D eigenvalue weighted by Gasteiger charge is 2.06. The number of carboxylic acids is 1. The molecule has 0 saturated carbocycles. The predicted molar refractivity (Wildman–Crippen MR) is 93.0 cm³/mol. The Kier molecular flexibility index (Phi) is 6.08. The number of hydrogen-bond donors (Lipinski definition) is 2. The first-order valence-corrected chi connectivity index (χ1v) is 7.71. The molecule has 0 radical (unpaired) electrons. The molecular weight excluding hydrogens is 306 g/mol. The van der Waals surface area contributed by atoms with E-state index in [-0.39, 0.29) is 0 Å². The Labute approximate surface area is 140 Å². The molecule has 0 fully saturated rings. The van der Waals surface area contributed by atoms with Crippen LogP contribution in [0.4, 0.5) is 0 Å². The Morgan fingerprint density at radius 1 is 1.38 bits per heavy atom. The van der Waals surface area contributed by atoms with Crippen LogP contribution in [0, 0.1) is 0 Å². The molecule has 0 spiro atoms. The van der Waals surface area contributed by atoms with E-state index in [9.17, 15) is 0 Å². The normalized spacial score (nSPS) is 10.7. The van der Waals surface area contributed by atoms with Gasteiger partial charge in [-0.2, -0.15) is 5.10 Å². The largest absolute Gasteiger partial charge is 0.481 e. The van der Waals surface area contributed by atoms with Crippen molar-refractivity contribution in [1.82, 2.24) is 24.6 Å². The van der Waals surface area contributed by atoms with Gasteiger partial charge in [0.1, 0.15) is 12.7 Å². The molecule has 2 heterocycles. The van der Waals surface area contributed by atoms with Crippen LogP contribution in [-0.2, 0) is 17.8 Å². The first-order valence-electron chi connectivity index (χ1n) is 7.71. The summed E-state index contributed by atoms with van der Waals surface area (Å²) >= 11 is 0. The highest BCUT2D eigenvalue weighted by molar-refractivity contribution is 5.83. The van der Waals surface area contributed by atoms with Crippen molar-refractivity contribution in [2.24, 2.45) is 0 Å². The SMILES string of the molecule is CC(=O)O.CN(C)CCc1c[nH]c2ccc(Cn3cncn3)cc12. The summed E-state index contributed by atoms with van der Waals surface area (Å²) in [5.74, 6) is -0.833. The predicted octanol–water partition coefficient (Wildman–Crippen LogP) is 2.00. The molecule has 24 heavy (non-hydrogen) atoms. The molecule has 0 aliphatic rings. The second-order valence-corrected chi connectivity index (χ2v) is 5.86. The van der Waals surface area contributed by atoms with Gasteiger partial charge in [0.15, 0.2) is 0 Å². The van der Waals surface area contributed by atoms with Crippen molar-refractivity contribution in [3.05, 3.63) is 48.2 Å². The number of aromatic nitrogens is 4. The Hall–Kier alpha value is -2.67. The third kappa shape index (κ3) is 5.20. The highest BCUT2D eigenvalue weighted by atomic mass is 16.4. The van der Waals surface area contributed by atoms with Gasteiger partial charge >= 0.3 is 0 Å². The Balaban J connectivity index is 0.000000471. The molecule has 3 rings (SSSR count). The Morgan fingerprint density at radius 2 is 2.12 bits per heavy atom. The first kappa shape index (κ1) is 17.7. The van der Waals surface area contributed by atoms with E-state index in [0.29, 0.717) is 0 Å². The number of carboxylic acid groups (broad SMARTS) is 1. The summed E-state index contributed by atoms with van der Waals surface area (Å²) in [6.45, 7) is 2.90. The van der Waals surface area contributed by atoms with Crippen LogP contribution in [0.15, 0.2) is 37.1 Å². The molecule has 0 atom stereocenters. The summed E-state index contributed by atoms with van der Waals surface area (Å²) in [4.78, 5) is 18.5. The van der Waals surface area contributed by atoms with E-state index in [1.165, 1.54) is 22.0 Å². The number of benzene rings is 1. The van der Waals surface area contributed by atoms with Crippen LogP contribution in [0.2, 0.25) is 0 Å². The van der Waals surface area contributed by atoms with Crippen molar-refractivity contribution in [1.29, 1.82) is 0 Å². The molecule has 7 heteroatoms. The molecule has 0 aliphatic carbocycles. The van der Waals surface area contributed by atoms with Gasteiger partial charge in [0, 0.05) is 30.6 Å². The van der Waals surface area contributed by atoms with Crippen molar-refractivity contribution >= 4 is 16.9 Å². The van der Waals surface area contributed by atoms with Crippen molar-refractivity contribution < 1.29 is 9.90 Å². The van der Waals surface area contributed by atoms with Crippen LogP contribution in [0.3, 0.4) is 0 Å². The third-order valence-electron chi connectivity index (χ3n) is 3.47. The topological polar surface area (TPSA) is 87.0 Å². The van der Waals surface area contributed by atoms with E-state index < -0.39 is 5.97 Å². The lowest BCUT2D eigenvalue weighted by molar-refractivity contribution is -0.134. The number of likely N-dealkylation sites (N-methyl/N-ethyl adjacent to an activating group) is 1. The third-order valence-corrected chi connectivity index (χ3v) is 3.47. The van der Waals surface area contributed by atoms with Crippen molar-refractivity contribution in [2.45, 2.75) is 19.9 Å². The first-order chi connectivity index (χ1) is 11.5. The maximum Gasteiger partial charge on any atom is 0.300 e. The summed E-state index contributed by atoms with van der Waals surface area (Å²) in [7, 11) is 4.20. The van der Waals surface area contributed by atoms with Crippen LogP contribution in [0.1, 0.15) is 18.1 Å². The van der Waals surface area contributed by atoms with Gasteiger partial charge in [-0.1, -0.05) is 6.07 Å². The number of hydrogen-bond acceptors (Lipinski definition) is 4. The lowest BCUT2D eigenvalue weighted by atomic mass is 10.1. The van der Waals surface area contributed by atoms with Gasteiger partial charge in [-0.15, -0.1) is 0 Å². The average Bonchev–Trinajstić information content (AvgIpc) is 3.14. The summed E-state index contributed by atoms with van der Waals surface area (Å²) in [6.07, 6.45) is 6.48. The molecule has 3 aromatic rings. The number of H-pyrrole nitrogens is 1. The molecule has 0 unspecified atom stereocenters. The van der Waals surface area contributed by atoms with E-state index in [2.05, 4.69) is 58.5 Å². The fourth-order valence-corrected chi connectivity index (χ4v) is 2.38. The van der Waals surface area contributed by atoms with Gasteiger partial charge in [0.25, 0.3) is 5.97 Å². The highest BCUT2D eigenvalue weighted by Crippen LogP contribution is 2.21. The summed E-state index contributed by atoms with van der Waals surface area (Å²) in [5, 5.41) is 12.9. The van der Waals surface area contributed by atoms with Crippen molar-refractivity contribution in [2.75, 3.05) is 20.6 Å². The number of fused-ring (bicyclic) bond motifs is 1. The minimum Gasteiger partial charge on any atom is -0.481 e. The van der Waals surface area contributed by atoms with Crippen LogP contribution < -0.4 is 0 Å². The minimum absolute atomic E-state index is 0.758. The lowest BCUT2D eigenvalue weighted by Gasteiger charge is -2.08. The maximum absolute atomic E-state index is 9.00. The second kappa shape index (κ2) is 8.26. The molecule has 0 aliphatic heterocycles. The van der Waals surface area contributed by atoms with Gasteiger partial charge in [-0.25, -0.2) is 9.67 Å². The minimum atomic E-state index is -0.833. The average molecular weight is 329 g/mol. The van der Waals surface area contributed by atoms with Crippen molar-refractivity contribution in [3.8, 4) is 0 Å². The van der Waals surface area contributed by atoms with Gasteiger partial charge < -0.3 is 15.0 Å². The number of rotatable bonds is 5. The van der Waals surface area contributed by atoms with Crippen LogP contribution >= 0.6 is 0 Å². The smallest absolute Gasteiger partial charge is 0.300 e. The molecule has 0 saturated heterocycles. The van der Waals surface area contributed by atoms with E-state index in [4.69, 9.17) is 9.90 Å². The Morgan fingerprint density at radius 3 is 2.75 bits per heavy atom. The second-order valence-electron chi connectivity index (χ2n) is 5.86. The number of aliphatic carboxylic acids is 1. The van der Waals surface area contributed by atoms with Gasteiger partial charge in [-0.3, -0.25) is 4.79 Å². The number of aromatic amines is 1. The number of nitrogens with zero attached hydrogens (tertiary/aromatic N) is 4. The fraction of sp³-hybridized carbons (Fsp3) is 0.353. The summed E-state index contributed by atoms with van der Waals surface area (Å²) in [6, 6.07) is 6.52. The van der Waals surface area contributed by atoms with E-state index in [0.717, 1.165) is 26.4 Å². The van der Waals surface area contributed by atoms with Gasteiger partial charge in [0.2, 0.25) is 0 Å². The molecule has 7 nitrogen and oxygen atoms in total. The molecule has 2 N–H and O–H groups in total. The monoisotopic (exact) mass is 329 g/mol. The number of carbonyl (C=O) groups is 1. The molecule has 0 bridgehead atoms. The molecule has 2 aromatic heterocycles. The quantitative estimate of drug-likeness (QED) is 0.747. The van der Waals surface area contributed by atoms with E-state index >= 15 is 0 Å². The summed E-state index contributed by atoms with van der Waals surface area (Å²) in [5.41, 5.74) is 3.81. The lowest BCUT2D eigenvalue weighted by Crippen LogP contribution is -2.14. The zero-order valence-electron chi connectivity index (χ0n) is 14.2. The molecule has 128 valence electrons. The molecular formula is C17H23N5O2. The maximum atomic E-state index is 9.00. The van der Waals surface area contributed by atoms with Crippen LogP contribution in [-0.4, -0.2) is 56.4 Å². The zero-order valence-corrected chi connectivity index (χ0v) is 14.2. The van der Waals surface area contributed by atoms with Gasteiger partial charge in [-0.05, 0) is 43.8 Å². The molecule has 1 aromatic carbocycles. The van der Waals surface area contributed by atoms with Gasteiger partial charge in [0.05, 0.1) is 6.54 Å².